The van der Waals surface area contributed by atoms with Crippen LogP contribution in [0, 0.1) is 5.92 Å². The second-order valence-corrected chi connectivity index (χ2v) is 7.43. The molecule has 1 aromatic heterocycles. The number of carbonyl (C=O) groups is 1. The summed E-state index contributed by atoms with van der Waals surface area (Å²) in [5, 5.41) is 0. The molecule has 0 aliphatic heterocycles. The highest BCUT2D eigenvalue weighted by atomic mass is 35.7. The Balaban J connectivity index is 2.97. The van der Waals surface area contributed by atoms with Gasteiger partial charge in [0.2, 0.25) is 0 Å². The molecule has 0 radical (unpaired) electrons. The molecular weight excluding hydrogens is 328 g/mol. The first-order valence-corrected chi connectivity index (χ1v) is 8.52. The Morgan fingerprint density at radius 1 is 1.43 bits per heavy atom. The smallest absolute Gasteiger partial charge is 0.354 e. The van der Waals surface area contributed by atoms with E-state index in [4.69, 9.17) is 15.4 Å². The maximum absolute atomic E-state index is 12.5. The van der Waals surface area contributed by atoms with E-state index in [1.165, 1.54) is 0 Å². The number of alkyl halides is 2. The molecule has 0 saturated heterocycles. The van der Waals surface area contributed by atoms with Crippen molar-refractivity contribution in [2.75, 3.05) is 6.61 Å². The van der Waals surface area contributed by atoms with Gasteiger partial charge in [0.1, 0.15) is 10.6 Å². The summed E-state index contributed by atoms with van der Waals surface area (Å²) in [5.41, 5.74) is -0.265. The molecule has 1 rings (SSSR count). The molecule has 0 aromatic carbocycles. The van der Waals surface area contributed by atoms with Crippen molar-refractivity contribution in [2.45, 2.75) is 38.1 Å². The zero-order valence-electron chi connectivity index (χ0n) is 11.6. The van der Waals surface area contributed by atoms with E-state index in [9.17, 15) is 22.0 Å². The van der Waals surface area contributed by atoms with E-state index in [2.05, 4.69) is 0 Å². The highest BCUT2D eigenvalue weighted by Gasteiger charge is 2.22. The van der Waals surface area contributed by atoms with Crippen molar-refractivity contribution in [3.8, 4) is 0 Å². The van der Waals surface area contributed by atoms with Crippen molar-refractivity contribution < 1.29 is 26.7 Å². The molecule has 1 heterocycles. The minimum absolute atomic E-state index is 0.124. The molecule has 0 bridgehead atoms. The molecule has 0 amide bonds. The van der Waals surface area contributed by atoms with Crippen LogP contribution in [0.2, 0.25) is 0 Å². The molecule has 0 fully saturated rings. The number of carbonyl (C=O) groups excluding carboxylic acids is 1. The van der Waals surface area contributed by atoms with Gasteiger partial charge < -0.3 is 9.30 Å². The molecule has 0 saturated carbocycles. The number of aromatic nitrogens is 1. The highest BCUT2D eigenvalue weighted by Crippen LogP contribution is 2.20. The van der Waals surface area contributed by atoms with Crippen molar-refractivity contribution in [2.24, 2.45) is 5.92 Å². The van der Waals surface area contributed by atoms with E-state index in [0.717, 1.165) is 16.8 Å². The second kappa shape index (κ2) is 7.22. The largest absolute Gasteiger partial charge is 0.461 e. The summed E-state index contributed by atoms with van der Waals surface area (Å²) in [5.74, 6) is -0.549. The van der Waals surface area contributed by atoms with E-state index in [0.29, 0.717) is 12.3 Å². The van der Waals surface area contributed by atoms with Gasteiger partial charge in [0.05, 0.1) is 13.2 Å². The van der Waals surface area contributed by atoms with Gasteiger partial charge in [-0.25, -0.2) is 22.0 Å². The van der Waals surface area contributed by atoms with Gasteiger partial charge in [0.25, 0.3) is 15.5 Å². The summed E-state index contributed by atoms with van der Waals surface area (Å²) in [7, 11) is 1.04. The summed E-state index contributed by atoms with van der Waals surface area (Å²) in [6.07, 6.45) is -1.24. The minimum Gasteiger partial charge on any atom is -0.461 e. The normalized spacial score (nSPS) is 12.1. The third-order valence-corrected chi connectivity index (χ3v) is 3.95. The lowest BCUT2D eigenvalue weighted by molar-refractivity contribution is 0.0468. The Labute approximate surface area is 126 Å². The maximum atomic E-state index is 12.5. The Morgan fingerprint density at radius 2 is 2.05 bits per heavy atom. The van der Waals surface area contributed by atoms with Crippen LogP contribution < -0.4 is 0 Å². The first-order chi connectivity index (χ1) is 9.61. The van der Waals surface area contributed by atoms with Crippen LogP contribution in [0.1, 0.15) is 30.8 Å². The number of hydrogen-bond acceptors (Lipinski definition) is 4. The van der Waals surface area contributed by atoms with E-state index in [-0.39, 0.29) is 12.3 Å². The average Bonchev–Trinajstić information content (AvgIpc) is 2.71. The molecule has 0 atom stereocenters. The molecule has 0 aliphatic rings. The molecule has 1 aromatic rings. The number of rotatable bonds is 7. The fourth-order valence-corrected chi connectivity index (χ4v) is 2.31. The monoisotopic (exact) mass is 343 g/mol. The molecule has 0 N–H and O–H groups in total. The van der Waals surface area contributed by atoms with E-state index < -0.39 is 32.9 Å². The predicted octanol–water partition coefficient (Wildman–Crippen LogP) is 2.88. The Hall–Kier alpha value is -1.15. The molecule has 120 valence electrons. The van der Waals surface area contributed by atoms with Crippen molar-refractivity contribution >= 4 is 25.7 Å². The van der Waals surface area contributed by atoms with E-state index in [1.54, 1.807) is 0 Å². The maximum Gasteiger partial charge on any atom is 0.354 e. The predicted molar refractivity (Wildman–Crippen MR) is 73.2 cm³/mol. The summed E-state index contributed by atoms with van der Waals surface area (Å²) in [4.78, 5) is 11.4. The first-order valence-electron chi connectivity index (χ1n) is 6.21. The fraction of sp³-hybridized carbons (Fsp3) is 0.583. The zero-order valence-corrected chi connectivity index (χ0v) is 13.1. The summed E-state index contributed by atoms with van der Waals surface area (Å²) in [6.45, 7) is 3.18. The van der Waals surface area contributed by atoms with Crippen LogP contribution >= 0.6 is 10.7 Å². The highest BCUT2D eigenvalue weighted by molar-refractivity contribution is 8.13. The standard InChI is InChI=1S/C12H16ClF2NO4S/c1-8(2)3-4-20-12(17)10-5-9(21(13,18)19)6-16(10)7-11(14)15/h5-6,8,11H,3-4,7H2,1-2H3. The topological polar surface area (TPSA) is 65.4 Å². The van der Waals surface area contributed by atoms with Crippen molar-refractivity contribution in [1.29, 1.82) is 0 Å². The lowest BCUT2D eigenvalue weighted by Crippen LogP contribution is -2.16. The second-order valence-electron chi connectivity index (χ2n) is 4.86. The van der Waals surface area contributed by atoms with Gasteiger partial charge >= 0.3 is 5.97 Å². The molecule has 0 spiro atoms. The van der Waals surface area contributed by atoms with Gasteiger partial charge in [0.15, 0.2) is 0 Å². The quantitative estimate of drug-likeness (QED) is 0.564. The molecule has 5 nitrogen and oxygen atoms in total. The summed E-state index contributed by atoms with van der Waals surface area (Å²) < 4.78 is 53.2. The Morgan fingerprint density at radius 3 is 2.52 bits per heavy atom. The van der Waals surface area contributed by atoms with Crippen LogP contribution in [0.3, 0.4) is 0 Å². The first kappa shape index (κ1) is 17.9. The van der Waals surface area contributed by atoms with Gasteiger partial charge in [-0.3, -0.25) is 0 Å². The van der Waals surface area contributed by atoms with Crippen LogP contribution in [0.5, 0.6) is 0 Å². The molecule has 21 heavy (non-hydrogen) atoms. The van der Waals surface area contributed by atoms with Gasteiger partial charge in [-0.2, -0.15) is 0 Å². The summed E-state index contributed by atoms with van der Waals surface area (Å²) in [6, 6.07) is 0.933. The van der Waals surface area contributed by atoms with Crippen molar-refractivity contribution in [3.63, 3.8) is 0 Å². The number of hydrogen-bond donors (Lipinski definition) is 0. The zero-order chi connectivity index (χ0) is 16.2. The molecule has 0 unspecified atom stereocenters. The molecule has 9 heteroatoms. The van der Waals surface area contributed by atoms with Crippen LogP contribution in [0.4, 0.5) is 8.78 Å². The third-order valence-electron chi connectivity index (χ3n) is 2.63. The van der Waals surface area contributed by atoms with Crippen LogP contribution in [-0.2, 0) is 20.3 Å². The SMILES string of the molecule is CC(C)CCOC(=O)c1cc(S(=O)(=O)Cl)cn1CC(F)F. The Kier molecular flexibility index (Phi) is 6.15. The van der Waals surface area contributed by atoms with Gasteiger partial charge in [-0.15, -0.1) is 0 Å². The number of ether oxygens (including phenoxy) is 1. The van der Waals surface area contributed by atoms with E-state index in [1.807, 2.05) is 13.8 Å². The van der Waals surface area contributed by atoms with Gasteiger partial charge in [-0.1, -0.05) is 13.8 Å². The lowest BCUT2D eigenvalue weighted by atomic mass is 10.1. The van der Waals surface area contributed by atoms with Crippen molar-refractivity contribution in [1.82, 2.24) is 4.57 Å². The van der Waals surface area contributed by atoms with Crippen molar-refractivity contribution in [3.05, 3.63) is 18.0 Å². The number of esters is 1. The van der Waals surface area contributed by atoms with E-state index >= 15 is 0 Å². The average molecular weight is 344 g/mol. The van der Waals surface area contributed by atoms with Gasteiger partial charge in [-0.05, 0) is 18.4 Å². The van der Waals surface area contributed by atoms with Crippen LogP contribution in [0.15, 0.2) is 17.2 Å². The van der Waals surface area contributed by atoms with Gasteiger partial charge in [0, 0.05) is 16.9 Å². The third kappa shape index (κ3) is 5.62. The lowest BCUT2D eigenvalue weighted by Gasteiger charge is -2.09. The fourth-order valence-electron chi connectivity index (χ4n) is 1.55. The Bertz CT molecular complexity index is 598. The minimum atomic E-state index is -4.11. The van der Waals surface area contributed by atoms with Crippen LogP contribution in [-0.4, -0.2) is 32.0 Å². The summed E-state index contributed by atoms with van der Waals surface area (Å²) >= 11 is 0. The number of nitrogens with zero attached hydrogens (tertiary/aromatic N) is 1. The molecular formula is C12H16ClF2NO4S. The number of halogens is 3. The molecule has 0 aliphatic carbocycles. The van der Waals surface area contributed by atoms with Crippen LogP contribution in [0.25, 0.3) is 0 Å².